The van der Waals surface area contributed by atoms with Gasteiger partial charge in [0.25, 0.3) is 0 Å². The smallest absolute Gasteiger partial charge is 0.306 e. The van der Waals surface area contributed by atoms with Gasteiger partial charge in [-0.15, -0.1) is 0 Å². The molecule has 0 N–H and O–H groups in total. The summed E-state index contributed by atoms with van der Waals surface area (Å²) in [6.07, 6.45) is 47.7. The number of rotatable bonds is 44. The van der Waals surface area contributed by atoms with Crippen LogP contribution in [-0.4, -0.2) is 37.2 Å². The van der Waals surface area contributed by atoms with E-state index in [1.807, 2.05) is 0 Å². The minimum absolute atomic E-state index is 0.0688. The topological polar surface area (TPSA) is 78.9 Å². The van der Waals surface area contributed by atoms with Crippen LogP contribution < -0.4 is 0 Å². The quantitative estimate of drug-likeness (QED) is 0.0265. The van der Waals surface area contributed by atoms with Crippen molar-refractivity contribution >= 4 is 17.9 Å². The number of ether oxygens (including phenoxy) is 3. The zero-order chi connectivity index (χ0) is 40.1. The Morgan fingerprint density at radius 2 is 0.600 bits per heavy atom. The van der Waals surface area contributed by atoms with Gasteiger partial charge in [-0.2, -0.15) is 0 Å². The molecule has 0 bridgehead atoms. The summed E-state index contributed by atoms with van der Waals surface area (Å²) in [5.41, 5.74) is 0. The Morgan fingerprint density at radius 3 is 0.909 bits per heavy atom. The number of hydrogen-bond donors (Lipinski definition) is 0. The highest BCUT2D eigenvalue weighted by molar-refractivity contribution is 5.71. The molecule has 0 spiro atoms. The lowest BCUT2D eigenvalue weighted by atomic mass is 10.0. The standard InChI is InChI=1S/C49H92O6/c1-4-7-10-13-16-19-21-23-25-27-28-30-33-36-39-42-48(51)54-45-46(44-53-47(50)41-38-35-32-18-15-12-9-6-3)55-49(52)43-40-37-34-31-29-26-24-22-20-17-14-11-8-5-2/h22,24,46H,4-21,23,25-45H2,1-3H3/b24-22-. The SMILES string of the molecule is CCCCCCC/C=C\CCCCCCCC(=O)OC(COC(=O)CCCCCCCCCC)COC(=O)CCCCCCCCCCCCCCCCC. The lowest BCUT2D eigenvalue weighted by Gasteiger charge is -2.18. The zero-order valence-corrected chi connectivity index (χ0v) is 37.0. The van der Waals surface area contributed by atoms with Crippen molar-refractivity contribution in [3.05, 3.63) is 12.2 Å². The van der Waals surface area contributed by atoms with Crippen LogP contribution in [-0.2, 0) is 28.6 Å². The highest BCUT2D eigenvalue weighted by Crippen LogP contribution is 2.15. The first kappa shape index (κ1) is 53.1. The van der Waals surface area contributed by atoms with E-state index in [1.54, 1.807) is 0 Å². The highest BCUT2D eigenvalue weighted by atomic mass is 16.6. The number of allylic oxidation sites excluding steroid dienone is 2. The van der Waals surface area contributed by atoms with Gasteiger partial charge in [0.1, 0.15) is 13.2 Å². The molecule has 0 rings (SSSR count). The Balaban J connectivity index is 4.29. The molecular weight excluding hydrogens is 685 g/mol. The van der Waals surface area contributed by atoms with Gasteiger partial charge in [0.05, 0.1) is 0 Å². The number of unbranched alkanes of at least 4 members (excludes halogenated alkanes) is 31. The molecule has 0 aliphatic heterocycles. The van der Waals surface area contributed by atoms with Crippen molar-refractivity contribution in [1.82, 2.24) is 0 Å². The van der Waals surface area contributed by atoms with E-state index in [2.05, 4.69) is 32.9 Å². The fraction of sp³-hybridized carbons (Fsp3) is 0.898. The third-order valence-corrected chi connectivity index (χ3v) is 10.8. The lowest BCUT2D eigenvalue weighted by Crippen LogP contribution is -2.30. The van der Waals surface area contributed by atoms with Gasteiger partial charge >= 0.3 is 17.9 Å². The van der Waals surface area contributed by atoms with E-state index in [-0.39, 0.29) is 31.1 Å². The van der Waals surface area contributed by atoms with Crippen LogP contribution >= 0.6 is 0 Å². The first-order chi connectivity index (χ1) is 27.0. The molecule has 1 atom stereocenters. The molecule has 0 heterocycles. The second-order valence-electron chi connectivity index (χ2n) is 16.4. The molecule has 55 heavy (non-hydrogen) atoms. The van der Waals surface area contributed by atoms with Crippen LogP contribution in [0.25, 0.3) is 0 Å². The molecular formula is C49H92O6. The number of carbonyl (C=O) groups is 3. The number of esters is 3. The summed E-state index contributed by atoms with van der Waals surface area (Å²) in [4.78, 5) is 37.7. The highest BCUT2D eigenvalue weighted by Gasteiger charge is 2.19. The van der Waals surface area contributed by atoms with Crippen LogP contribution in [0.4, 0.5) is 0 Å². The summed E-state index contributed by atoms with van der Waals surface area (Å²) in [7, 11) is 0. The average Bonchev–Trinajstić information content (AvgIpc) is 3.18. The summed E-state index contributed by atoms with van der Waals surface area (Å²) in [6.45, 7) is 6.61. The van der Waals surface area contributed by atoms with E-state index in [1.165, 1.54) is 161 Å². The second-order valence-corrected chi connectivity index (χ2v) is 16.4. The molecule has 0 radical (unpaired) electrons. The Kier molecular flexibility index (Phi) is 43.4. The fourth-order valence-corrected chi connectivity index (χ4v) is 7.08. The summed E-state index contributed by atoms with van der Waals surface area (Å²) < 4.78 is 16.7. The molecule has 0 saturated carbocycles. The lowest BCUT2D eigenvalue weighted by molar-refractivity contribution is -0.167. The maximum absolute atomic E-state index is 12.7. The van der Waals surface area contributed by atoms with E-state index in [4.69, 9.17) is 14.2 Å². The van der Waals surface area contributed by atoms with Crippen LogP contribution in [0.3, 0.4) is 0 Å². The molecule has 0 saturated heterocycles. The second kappa shape index (κ2) is 44.9. The molecule has 0 aromatic heterocycles. The van der Waals surface area contributed by atoms with Gasteiger partial charge in [-0.1, -0.05) is 213 Å². The van der Waals surface area contributed by atoms with Gasteiger partial charge < -0.3 is 14.2 Å². The Bertz CT molecular complexity index is 854. The molecule has 1 unspecified atom stereocenters. The first-order valence-corrected chi connectivity index (χ1v) is 24.2. The van der Waals surface area contributed by atoms with Crippen LogP contribution in [0.15, 0.2) is 12.2 Å². The molecule has 6 heteroatoms. The molecule has 0 fully saturated rings. The zero-order valence-electron chi connectivity index (χ0n) is 37.0. The minimum atomic E-state index is -0.765. The van der Waals surface area contributed by atoms with Gasteiger partial charge in [-0.05, 0) is 44.9 Å². The van der Waals surface area contributed by atoms with Gasteiger partial charge in [0, 0.05) is 19.3 Å². The Labute approximate surface area is 341 Å². The summed E-state index contributed by atoms with van der Waals surface area (Å²) >= 11 is 0. The predicted molar refractivity (Wildman–Crippen MR) is 233 cm³/mol. The van der Waals surface area contributed by atoms with Gasteiger partial charge in [0.15, 0.2) is 6.10 Å². The van der Waals surface area contributed by atoms with Crippen LogP contribution in [0.1, 0.15) is 265 Å². The Hall–Kier alpha value is -1.85. The summed E-state index contributed by atoms with van der Waals surface area (Å²) in [5.74, 6) is -0.870. The van der Waals surface area contributed by atoms with E-state index < -0.39 is 6.10 Å². The van der Waals surface area contributed by atoms with E-state index in [9.17, 15) is 14.4 Å². The molecule has 0 aliphatic carbocycles. The molecule has 6 nitrogen and oxygen atoms in total. The van der Waals surface area contributed by atoms with Crippen molar-refractivity contribution in [3.8, 4) is 0 Å². The Morgan fingerprint density at radius 1 is 0.345 bits per heavy atom. The van der Waals surface area contributed by atoms with E-state index >= 15 is 0 Å². The summed E-state index contributed by atoms with van der Waals surface area (Å²) in [6, 6.07) is 0. The molecule has 0 amide bonds. The maximum atomic E-state index is 12.7. The van der Waals surface area contributed by atoms with Crippen LogP contribution in [0.5, 0.6) is 0 Å². The predicted octanol–water partition coefficient (Wildman–Crippen LogP) is 15.4. The van der Waals surface area contributed by atoms with Crippen LogP contribution in [0, 0.1) is 0 Å². The fourth-order valence-electron chi connectivity index (χ4n) is 7.08. The van der Waals surface area contributed by atoms with E-state index in [0.29, 0.717) is 19.3 Å². The molecule has 324 valence electrons. The largest absolute Gasteiger partial charge is 0.462 e. The number of carbonyl (C=O) groups excluding carboxylic acids is 3. The third kappa shape index (κ3) is 43.1. The van der Waals surface area contributed by atoms with Gasteiger partial charge in [-0.3, -0.25) is 14.4 Å². The number of hydrogen-bond acceptors (Lipinski definition) is 6. The maximum Gasteiger partial charge on any atom is 0.306 e. The van der Waals surface area contributed by atoms with Crippen molar-refractivity contribution in [2.45, 2.75) is 271 Å². The van der Waals surface area contributed by atoms with Crippen molar-refractivity contribution in [1.29, 1.82) is 0 Å². The molecule has 0 aromatic rings. The third-order valence-electron chi connectivity index (χ3n) is 10.8. The van der Waals surface area contributed by atoms with Crippen molar-refractivity contribution in [3.63, 3.8) is 0 Å². The van der Waals surface area contributed by atoms with Gasteiger partial charge in [0.2, 0.25) is 0 Å². The first-order valence-electron chi connectivity index (χ1n) is 24.2. The van der Waals surface area contributed by atoms with Crippen molar-refractivity contribution in [2.75, 3.05) is 13.2 Å². The van der Waals surface area contributed by atoms with Gasteiger partial charge in [-0.25, -0.2) is 0 Å². The monoisotopic (exact) mass is 777 g/mol. The molecule has 0 aliphatic rings. The van der Waals surface area contributed by atoms with E-state index in [0.717, 1.165) is 64.2 Å². The van der Waals surface area contributed by atoms with Crippen molar-refractivity contribution in [2.24, 2.45) is 0 Å². The average molecular weight is 777 g/mol. The molecule has 0 aromatic carbocycles. The summed E-state index contributed by atoms with van der Waals surface area (Å²) in [5, 5.41) is 0. The normalized spacial score (nSPS) is 12.0. The minimum Gasteiger partial charge on any atom is -0.462 e. The van der Waals surface area contributed by atoms with Crippen LogP contribution in [0.2, 0.25) is 0 Å². The van der Waals surface area contributed by atoms with Crippen molar-refractivity contribution < 1.29 is 28.6 Å².